The van der Waals surface area contributed by atoms with Crippen LogP contribution < -0.4 is 16.4 Å². The maximum absolute atomic E-state index is 13.1. The number of hydrogen-bond donors (Lipinski definition) is 3. The fourth-order valence-corrected chi connectivity index (χ4v) is 1.92. The van der Waals surface area contributed by atoms with Gasteiger partial charge < -0.3 is 15.8 Å². The third-order valence-corrected chi connectivity index (χ3v) is 3.04. The average molecular weight is 321 g/mol. The van der Waals surface area contributed by atoms with E-state index < -0.39 is 17.7 Å². The van der Waals surface area contributed by atoms with Gasteiger partial charge in [0.15, 0.2) is 11.6 Å². The van der Waals surface area contributed by atoms with Crippen LogP contribution in [0.4, 0.5) is 30.6 Å². The summed E-state index contributed by atoms with van der Waals surface area (Å²) in [4.78, 5) is 11.4. The van der Waals surface area contributed by atoms with Gasteiger partial charge in [-0.05, 0) is 36.8 Å². The summed E-state index contributed by atoms with van der Waals surface area (Å²) in [5, 5.41) is 5.49. The molecule has 0 fully saturated rings. The van der Waals surface area contributed by atoms with E-state index in [0.29, 0.717) is 23.6 Å². The molecule has 5 nitrogen and oxygen atoms in total. The summed E-state index contributed by atoms with van der Waals surface area (Å²) >= 11 is 0. The third kappa shape index (κ3) is 4.57. The Hall–Kier alpha value is -2.83. The number of carbonyl (C=O) groups excluding carboxylic acids is 1. The van der Waals surface area contributed by atoms with Gasteiger partial charge in [0.25, 0.3) is 0 Å². The topological polar surface area (TPSA) is 76.4 Å². The Morgan fingerprint density at radius 3 is 2.61 bits per heavy atom. The van der Waals surface area contributed by atoms with Gasteiger partial charge in [-0.2, -0.15) is 0 Å². The molecule has 0 bridgehead atoms. The smallest absolute Gasteiger partial charge is 0.411 e. The molecule has 1 amide bonds. The van der Waals surface area contributed by atoms with E-state index in [2.05, 4.69) is 10.6 Å². The quantitative estimate of drug-likeness (QED) is 0.734. The van der Waals surface area contributed by atoms with E-state index in [1.54, 1.807) is 25.1 Å². The second-order valence-electron chi connectivity index (χ2n) is 4.75. The van der Waals surface area contributed by atoms with E-state index in [1.807, 2.05) is 0 Å². The lowest BCUT2D eigenvalue weighted by atomic mass is 10.1. The second-order valence-corrected chi connectivity index (χ2v) is 4.75. The Kier molecular flexibility index (Phi) is 5.35. The molecule has 0 aliphatic carbocycles. The van der Waals surface area contributed by atoms with Gasteiger partial charge in [0.2, 0.25) is 0 Å². The molecule has 0 heterocycles. The van der Waals surface area contributed by atoms with E-state index in [1.165, 1.54) is 6.07 Å². The van der Waals surface area contributed by atoms with Crippen LogP contribution in [-0.2, 0) is 11.3 Å². The molecule has 7 heteroatoms. The molecule has 0 aliphatic rings. The van der Waals surface area contributed by atoms with Gasteiger partial charge in [-0.25, -0.2) is 13.6 Å². The number of hydrogen-bond acceptors (Lipinski definition) is 4. The highest BCUT2D eigenvalue weighted by Crippen LogP contribution is 2.21. The van der Waals surface area contributed by atoms with E-state index >= 15 is 0 Å². The Morgan fingerprint density at radius 2 is 1.96 bits per heavy atom. The number of anilines is 3. The molecule has 0 aliphatic heterocycles. The van der Waals surface area contributed by atoms with Crippen LogP contribution in [0.15, 0.2) is 36.4 Å². The number of amides is 1. The first kappa shape index (κ1) is 16.5. The molecule has 0 unspecified atom stereocenters. The van der Waals surface area contributed by atoms with E-state index in [4.69, 9.17) is 10.5 Å². The van der Waals surface area contributed by atoms with E-state index in [9.17, 15) is 13.6 Å². The number of nitrogen functional groups attached to an aromatic ring is 1. The maximum Gasteiger partial charge on any atom is 0.411 e. The molecule has 23 heavy (non-hydrogen) atoms. The third-order valence-electron chi connectivity index (χ3n) is 3.04. The highest BCUT2D eigenvalue weighted by Gasteiger charge is 2.07. The first-order valence-electron chi connectivity index (χ1n) is 7.00. The first-order valence-corrected chi connectivity index (χ1v) is 7.00. The second kappa shape index (κ2) is 7.44. The van der Waals surface area contributed by atoms with Gasteiger partial charge in [0.1, 0.15) is 0 Å². The number of nitrogens with two attached hydrogens (primary N) is 1. The van der Waals surface area contributed by atoms with Crippen molar-refractivity contribution in [3.63, 3.8) is 0 Å². The SMILES string of the molecule is CCOC(=O)Nc1ccc(CNc2ccc(F)c(F)c2)cc1N. The highest BCUT2D eigenvalue weighted by atomic mass is 19.2. The minimum Gasteiger partial charge on any atom is -0.450 e. The number of benzene rings is 2. The number of nitrogens with one attached hydrogen (secondary N) is 2. The fourth-order valence-electron chi connectivity index (χ4n) is 1.92. The zero-order valence-corrected chi connectivity index (χ0v) is 12.5. The lowest BCUT2D eigenvalue weighted by molar-refractivity contribution is 0.168. The van der Waals surface area contributed by atoms with Crippen LogP contribution >= 0.6 is 0 Å². The molecule has 0 spiro atoms. The summed E-state index contributed by atoms with van der Waals surface area (Å²) in [5.41, 5.74) is 7.97. The van der Waals surface area contributed by atoms with Crippen LogP contribution in [0, 0.1) is 11.6 Å². The van der Waals surface area contributed by atoms with Crippen LogP contribution in [0.1, 0.15) is 12.5 Å². The summed E-state index contributed by atoms with van der Waals surface area (Å²) in [7, 11) is 0. The van der Waals surface area contributed by atoms with Gasteiger partial charge in [0, 0.05) is 18.3 Å². The van der Waals surface area contributed by atoms with Crippen LogP contribution in [0.5, 0.6) is 0 Å². The summed E-state index contributed by atoms with van der Waals surface area (Å²) in [5.74, 6) is -1.81. The van der Waals surface area contributed by atoms with Crippen molar-refractivity contribution in [3.8, 4) is 0 Å². The van der Waals surface area contributed by atoms with E-state index in [0.717, 1.165) is 17.7 Å². The molecule has 0 atom stereocenters. The molecule has 2 rings (SSSR count). The molecule has 4 N–H and O–H groups in total. The van der Waals surface area contributed by atoms with Crippen molar-refractivity contribution in [2.45, 2.75) is 13.5 Å². The number of ether oxygens (including phenoxy) is 1. The van der Waals surface area contributed by atoms with Gasteiger partial charge in [-0.1, -0.05) is 6.07 Å². The summed E-state index contributed by atoms with van der Waals surface area (Å²) in [6, 6.07) is 8.65. The Morgan fingerprint density at radius 1 is 1.17 bits per heavy atom. The van der Waals surface area contributed by atoms with Crippen molar-refractivity contribution >= 4 is 23.2 Å². The van der Waals surface area contributed by atoms with Crippen molar-refractivity contribution in [2.75, 3.05) is 23.0 Å². The number of halogens is 2. The molecule has 122 valence electrons. The number of carbonyl (C=O) groups is 1. The predicted octanol–water partition coefficient (Wildman–Crippen LogP) is 3.73. The summed E-state index contributed by atoms with van der Waals surface area (Å²) < 4.78 is 30.7. The largest absolute Gasteiger partial charge is 0.450 e. The Balaban J connectivity index is 1.99. The van der Waals surface area contributed by atoms with Crippen molar-refractivity contribution in [2.24, 2.45) is 0 Å². The van der Waals surface area contributed by atoms with Crippen molar-refractivity contribution < 1.29 is 18.3 Å². The van der Waals surface area contributed by atoms with Crippen molar-refractivity contribution in [1.82, 2.24) is 0 Å². The number of rotatable bonds is 5. The average Bonchev–Trinajstić information content (AvgIpc) is 2.51. The lowest BCUT2D eigenvalue weighted by Crippen LogP contribution is -2.14. The zero-order valence-electron chi connectivity index (χ0n) is 12.5. The Bertz CT molecular complexity index is 708. The molecular weight excluding hydrogens is 304 g/mol. The van der Waals surface area contributed by atoms with E-state index in [-0.39, 0.29) is 6.61 Å². The van der Waals surface area contributed by atoms with Crippen molar-refractivity contribution in [1.29, 1.82) is 0 Å². The molecular formula is C16H17F2N3O2. The highest BCUT2D eigenvalue weighted by molar-refractivity contribution is 5.88. The lowest BCUT2D eigenvalue weighted by Gasteiger charge is -2.11. The summed E-state index contributed by atoms with van der Waals surface area (Å²) in [6.45, 7) is 2.34. The maximum atomic E-state index is 13.1. The molecule has 0 radical (unpaired) electrons. The minimum atomic E-state index is -0.913. The van der Waals surface area contributed by atoms with Gasteiger partial charge >= 0.3 is 6.09 Å². The first-order chi connectivity index (χ1) is 11.0. The van der Waals surface area contributed by atoms with Crippen LogP contribution in [0.3, 0.4) is 0 Å². The van der Waals surface area contributed by atoms with Crippen LogP contribution in [-0.4, -0.2) is 12.7 Å². The van der Waals surface area contributed by atoms with Crippen molar-refractivity contribution in [3.05, 3.63) is 53.6 Å². The van der Waals surface area contributed by atoms with Gasteiger partial charge in [-0.3, -0.25) is 5.32 Å². The Labute approximate surface area is 132 Å². The fraction of sp³-hybridized carbons (Fsp3) is 0.188. The minimum absolute atomic E-state index is 0.266. The molecule has 0 aromatic heterocycles. The van der Waals surface area contributed by atoms with Crippen LogP contribution in [0.2, 0.25) is 0 Å². The predicted molar refractivity (Wildman–Crippen MR) is 85.2 cm³/mol. The molecule has 2 aromatic carbocycles. The van der Waals surface area contributed by atoms with Gasteiger partial charge in [0.05, 0.1) is 18.0 Å². The molecule has 0 saturated carbocycles. The molecule has 0 saturated heterocycles. The normalized spacial score (nSPS) is 10.2. The zero-order chi connectivity index (χ0) is 16.8. The summed E-state index contributed by atoms with van der Waals surface area (Å²) in [6.07, 6.45) is -0.577. The van der Waals surface area contributed by atoms with Gasteiger partial charge in [-0.15, -0.1) is 0 Å². The van der Waals surface area contributed by atoms with Crippen LogP contribution in [0.25, 0.3) is 0 Å². The monoisotopic (exact) mass is 321 g/mol. The molecule has 2 aromatic rings. The standard InChI is InChI=1S/C16H17F2N3O2/c1-2-23-16(22)21-15-6-3-10(7-14(15)19)9-20-11-4-5-12(17)13(18)8-11/h3-8,20H,2,9,19H2,1H3,(H,21,22).